The van der Waals surface area contributed by atoms with E-state index >= 15 is 0 Å². The Labute approximate surface area is 145 Å². The molecule has 1 aromatic heterocycles. The Morgan fingerprint density at radius 3 is 2.38 bits per heavy atom. The van der Waals surface area contributed by atoms with Crippen LogP contribution in [0, 0.1) is 13.8 Å². The van der Waals surface area contributed by atoms with Crippen LogP contribution in [0.1, 0.15) is 25.9 Å². The van der Waals surface area contributed by atoms with Crippen LogP contribution in [0.25, 0.3) is 0 Å². The number of aliphatic hydroxyl groups is 2. The van der Waals surface area contributed by atoms with Crippen molar-refractivity contribution in [2.45, 2.75) is 20.5 Å². The first-order valence-electron chi connectivity index (χ1n) is 7.72. The minimum absolute atomic E-state index is 0.146. The predicted octanol–water partition coefficient (Wildman–Crippen LogP) is 1.77. The molecule has 2 rings (SSSR count). The van der Waals surface area contributed by atoms with Gasteiger partial charge in [0.15, 0.2) is 0 Å². The van der Waals surface area contributed by atoms with E-state index in [-0.39, 0.29) is 32.2 Å². The number of benzene rings is 1. The fourth-order valence-corrected chi connectivity index (χ4v) is 3.14. The molecule has 0 bridgehead atoms. The largest absolute Gasteiger partial charge is 0.486 e. The molecule has 0 aliphatic heterocycles. The number of amides is 1. The van der Waals surface area contributed by atoms with E-state index in [0.29, 0.717) is 22.2 Å². The lowest BCUT2D eigenvalue weighted by Gasteiger charge is -2.19. The average molecular weight is 350 g/mol. The zero-order valence-electron chi connectivity index (χ0n) is 13.9. The van der Waals surface area contributed by atoms with Crippen molar-refractivity contribution in [1.29, 1.82) is 0 Å². The molecule has 0 spiro atoms. The second-order valence-electron chi connectivity index (χ2n) is 5.36. The maximum Gasteiger partial charge on any atom is 0.266 e. The summed E-state index contributed by atoms with van der Waals surface area (Å²) in [5.74, 6) is 0.526. The molecule has 0 aliphatic carbocycles. The number of carbonyl (C=O) groups is 1. The van der Waals surface area contributed by atoms with Crippen molar-refractivity contribution in [2.24, 2.45) is 0 Å². The third-order valence-corrected chi connectivity index (χ3v) is 4.56. The fourth-order valence-electron chi connectivity index (χ4n) is 2.19. The van der Waals surface area contributed by atoms with Crippen LogP contribution in [-0.4, -0.2) is 52.3 Å². The van der Waals surface area contributed by atoms with Crippen LogP contribution in [0.4, 0.5) is 0 Å². The Morgan fingerprint density at radius 1 is 1.17 bits per heavy atom. The highest BCUT2D eigenvalue weighted by molar-refractivity contribution is 7.13. The van der Waals surface area contributed by atoms with E-state index in [2.05, 4.69) is 4.98 Å². The Balaban J connectivity index is 2.05. The molecule has 24 heavy (non-hydrogen) atoms. The van der Waals surface area contributed by atoms with Gasteiger partial charge in [0.1, 0.15) is 22.2 Å². The van der Waals surface area contributed by atoms with Gasteiger partial charge in [0, 0.05) is 13.1 Å². The lowest BCUT2D eigenvalue weighted by Crippen LogP contribution is -2.35. The monoisotopic (exact) mass is 350 g/mol. The van der Waals surface area contributed by atoms with Gasteiger partial charge in [-0.3, -0.25) is 4.79 Å². The van der Waals surface area contributed by atoms with Crippen molar-refractivity contribution in [1.82, 2.24) is 9.88 Å². The zero-order valence-corrected chi connectivity index (χ0v) is 14.7. The molecule has 1 amide bonds. The molecule has 0 fully saturated rings. The van der Waals surface area contributed by atoms with Gasteiger partial charge in [-0.25, -0.2) is 4.98 Å². The standard InChI is InChI=1S/C17H22N2O4S/c1-12-3-5-14(6-4-12)23-11-15-18-13(2)16(24-15)17(22)19(7-9-20)8-10-21/h3-6,20-21H,7-11H2,1-2H3. The predicted molar refractivity (Wildman–Crippen MR) is 92.4 cm³/mol. The number of hydrogen-bond acceptors (Lipinski definition) is 6. The van der Waals surface area contributed by atoms with E-state index in [1.165, 1.54) is 16.2 Å². The van der Waals surface area contributed by atoms with Crippen molar-refractivity contribution in [3.63, 3.8) is 0 Å². The number of aromatic nitrogens is 1. The summed E-state index contributed by atoms with van der Waals surface area (Å²) >= 11 is 1.28. The third-order valence-electron chi connectivity index (χ3n) is 3.45. The second-order valence-corrected chi connectivity index (χ2v) is 6.45. The third kappa shape index (κ3) is 4.77. The Bertz CT molecular complexity index is 664. The normalized spacial score (nSPS) is 10.7. The van der Waals surface area contributed by atoms with E-state index in [4.69, 9.17) is 14.9 Å². The van der Waals surface area contributed by atoms with E-state index in [9.17, 15) is 4.79 Å². The number of thiazole rings is 1. The average Bonchev–Trinajstić information content (AvgIpc) is 2.94. The van der Waals surface area contributed by atoms with Gasteiger partial charge in [-0.1, -0.05) is 17.7 Å². The summed E-state index contributed by atoms with van der Waals surface area (Å²) < 4.78 is 5.69. The van der Waals surface area contributed by atoms with Gasteiger partial charge < -0.3 is 19.8 Å². The van der Waals surface area contributed by atoms with Crippen molar-refractivity contribution in [2.75, 3.05) is 26.3 Å². The summed E-state index contributed by atoms with van der Waals surface area (Å²) in [6.07, 6.45) is 0. The number of aliphatic hydroxyl groups excluding tert-OH is 2. The van der Waals surface area contributed by atoms with Crippen LogP contribution in [0.5, 0.6) is 5.75 Å². The van der Waals surface area contributed by atoms with Crippen LogP contribution >= 0.6 is 11.3 Å². The number of hydrogen-bond donors (Lipinski definition) is 2. The minimum Gasteiger partial charge on any atom is -0.486 e. The highest BCUT2D eigenvalue weighted by Gasteiger charge is 2.21. The zero-order chi connectivity index (χ0) is 17.5. The van der Waals surface area contributed by atoms with Crippen molar-refractivity contribution in [3.05, 3.63) is 45.4 Å². The first-order chi connectivity index (χ1) is 11.5. The SMILES string of the molecule is Cc1ccc(OCc2nc(C)c(C(=O)N(CCO)CCO)s2)cc1. The first-order valence-corrected chi connectivity index (χ1v) is 8.53. The highest BCUT2D eigenvalue weighted by Crippen LogP contribution is 2.22. The summed E-state index contributed by atoms with van der Waals surface area (Å²) in [6.45, 7) is 4.16. The quantitative estimate of drug-likeness (QED) is 0.758. The van der Waals surface area contributed by atoms with Gasteiger partial charge in [-0.05, 0) is 26.0 Å². The van der Waals surface area contributed by atoms with Gasteiger partial charge in [0.25, 0.3) is 5.91 Å². The molecular formula is C17H22N2O4S. The Hall–Kier alpha value is -1.96. The molecule has 0 saturated carbocycles. The summed E-state index contributed by atoms with van der Waals surface area (Å²) in [5.41, 5.74) is 1.79. The Kier molecular flexibility index (Phi) is 6.72. The Morgan fingerprint density at radius 2 is 1.79 bits per heavy atom. The molecule has 0 atom stereocenters. The molecule has 6 nitrogen and oxygen atoms in total. The molecule has 0 unspecified atom stereocenters. The first kappa shape index (κ1) is 18.4. The fraction of sp³-hybridized carbons (Fsp3) is 0.412. The number of ether oxygens (including phenoxy) is 1. The summed E-state index contributed by atoms with van der Waals surface area (Å²) in [6, 6.07) is 7.73. The topological polar surface area (TPSA) is 82.9 Å². The van der Waals surface area contributed by atoms with Crippen molar-refractivity contribution >= 4 is 17.2 Å². The molecular weight excluding hydrogens is 328 g/mol. The number of aryl methyl sites for hydroxylation is 2. The molecule has 130 valence electrons. The number of rotatable bonds is 8. The maximum absolute atomic E-state index is 12.5. The summed E-state index contributed by atoms with van der Waals surface area (Å²) in [5, 5.41) is 18.8. The molecule has 1 heterocycles. The molecule has 7 heteroatoms. The smallest absolute Gasteiger partial charge is 0.266 e. The van der Waals surface area contributed by atoms with Crippen LogP contribution in [-0.2, 0) is 6.61 Å². The molecule has 1 aromatic carbocycles. The lowest BCUT2D eigenvalue weighted by atomic mass is 10.2. The van der Waals surface area contributed by atoms with Gasteiger partial charge in [-0.15, -0.1) is 11.3 Å². The van der Waals surface area contributed by atoms with E-state index in [0.717, 1.165) is 11.3 Å². The summed E-state index contributed by atoms with van der Waals surface area (Å²) in [7, 11) is 0. The van der Waals surface area contributed by atoms with Crippen LogP contribution in [0.3, 0.4) is 0 Å². The minimum atomic E-state index is -0.227. The lowest BCUT2D eigenvalue weighted by molar-refractivity contribution is 0.0688. The molecule has 2 aromatic rings. The molecule has 0 aliphatic rings. The van der Waals surface area contributed by atoms with Crippen LogP contribution in [0.15, 0.2) is 24.3 Å². The second kappa shape index (κ2) is 8.77. The highest BCUT2D eigenvalue weighted by atomic mass is 32.1. The van der Waals surface area contributed by atoms with Crippen LogP contribution in [0.2, 0.25) is 0 Å². The van der Waals surface area contributed by atoms with Gasteiger partial charge in [0.2, 0.25) is 0 Å². The van der Waals surface area contributed by atoms with Gasteiger partial charge in [0.05, 0.1) is 18.9 Å². The van der Waals surface area contributed by atoms with Crippen molar-refractivity contribution < 1.29 is 19.7 Å². The molecule has 0 saturated heterocycles. The van der Waals surface area contributed by atoms with Crippen LogP contribution < -0.4 is 4.74 Å². The van der Waals surface area contributed by atoms with E-state index in [1.54, 1.807) is 6.92 Å². The van der Waals surface area contributed by atoms with E-state index < -0.39 is 0 Å². The van der Waals surface area contributed by atoms with Gasteiger partial charge >= 0.3 is 0 Å². The molecule has 2 N–H and O–H groups in total. The van der Waals surface area contributed by atoms with Gasteiger partial charge in [-0.2, -0.15) is 0 Å². The van der Waals surface area contributed by atoms with Crippen molar-refractivity contribution in [3.8, 4) is 5.75 Å². The number of nitrogens with zero attached hydrogens (tertiary/aromatic N) is 2. The summed E-state index contributed by atoms with van der Waals surface area (Å²) in [4.78, 5) is 18.8. The van der Waals surface area contributed by atoms with E-state index in [1.807, 2.05) is 31.2 Å². The number of carbonyl (C=O) groups excluding carboxylic acids is 1. The maximum atomic E-state index is 12.5. The molecule has 0 radical (unpaired) electrons.